The van der Waals surface area contributed by atoms with Crippen LogP contribution in [0.1, 0.15) is 17.5 Å². The first-order chi connectivity index (χ1) is 10.5. The Bertz CT molecular complexity index is 802. The maximum atomic E-state index is 12.0. The van der Waals surface area contributed by atoms with E-state index in [1.807, 2.05) is 18.2 Å². The third-order valence-corrected chi connectivity index (χ3v) is 4.37. The number of hydrogen-bond acceptors (Lipinski definition) is 3. The number of carbonyl (C=O) groups excluding carboxylic acids is 1. The minimum atomic E-state index is -0.585. The molecule has 22 heavy (non-hydrogen) atoms. The van der Waals surface area contributed by atoms with Crippen LogP contribution in [0, 0.1) is 0 Å². The Morgan fingerprint density at radius 2 is 2.05 bits per heavy atom. The molecule has 2 aromatic rings. The zero-order valence-corrected chi connectivity index (χ0v) is 13.1. The first-order valence-electron chi connectivity index (χ1n) is 6.87. The number of carbonyl (C=O) groups is 1. The van der Waals surface area contributed by atoms with Gasteiger partial charge in [0.25, 0.3) is 5.56 Å². The molecule has 0 saturated heterocycles. The van der Waals surface area contributed by atoms with Crippen molar-refractivity contribution in [2.24, 2.45) is 0 Å². The molecule has 0 bridgehead atoms. The maximum Gasteiger partial charge on any atom is 0.287 e. The van der Waals surface area contributed by atoms with Gasteiger partial charge in [0.2, 0.25) is 5.91 Å². The Labute approximate surface area is 136 Å². The fourth-order valence-electron chi connectivity index (χ4n) is 2.54. The molecule has 0 aliphatic heterocycles. The number of anilines is 1. The molecule has 0 saturated carbocycles. The Balaban J connectivity index is 1.73. The molecule has 1 N–H and O–H groups in total. The molecule has 1 aromatic heterocycles. The van der Waals surface area contributed by atoms with Gasteiger partial charge in [-0.25, -0.2) is 4.68 Å². The number of nitrogens with one attached hydrogen (secondary N) is 1. The van der Waals surface area contributed by atoms with Crippen LogP contribution in [0.4, 0.5) is 5.69 Å². The van der Waals surface area contributed by atoms with E-state index in [1.54, 1.807) is 0 Å². The van der Waals surface area contributed by atoms with Gasteiger partial charge in [0.1, 0.15) is 11.6 Å². The predicted molar refractivity (Wildman–Crippen MR) is 85.6 cm³/mol. The summed E-state index contributed by atoms with van der Waals surface area (Å²) >= 11 is 11.5. The van der Waals surface area contributed by atoms with E-state index < -0.39 is 5.56 Å². The molecule has 0 unspecified atom stereocenters. The lowest BCUT2D eigenvalue weighted by molar-refractivity contribution is -0.117. The van der Waals surface area contributed by atoms with E-state index in [2.05, 4.69) is 10.4 Å². The Hall–Kier alpha value is -1.85. The van der Waals surface area contributed by atoms with Gasteiger partial charge in [-0.05, 0) is 42.5 Å². The van der Waals surface area contributed by atoms with Crippen molar-refractivity contribution in [3.8, 4) is 0 Å². The van der Waals surface area contributed by atoms with Crippen molar-refractivity contribution in [2.45, 2.75) is 25.8 Å². The molecule has 1 aliphatic carbocycles. The van der Waals surface area contributed by atoms with E-state index in [-0.39, 0.29) is 22.5 Å². The van der Waals surface area contributed by atoms with E-state index in [9.17, 15) is 9.59 Å². The molecule has 3 rings (SSSR count). The highest BCUT2D eigenvalue weighted by Gasteiger charge is 2.13. The first-order valence-corrected chi connectivity index (χ1v) is 7.63. The highest BCUT2D eigenvalue weighted by atomic mass is 35.5. The molecule has 0 atom stereocenters. The summed E-state index contributed by atoms with van der Waals surface area (Å²) in [5.41, 5.74) is 2.74. The number of rotatable bonds is 3. The van der Waals surface area contributed by atoms with Gasteiger partial charge in [0.15, 0.2) is 0 Å². The van der Waals surface area contributed by atoms with Gasteiger partial charge >= 0.3 is 0 Å². The molecular weight excluding hydrogens is 325 g/mol. The summed E-state index contributed by atoms with van der Waals surface area (Å²) in [6.45, 7) is -0.215. The third kappa shape index (κ3) is 3.00. The van der Waals surface area contributed by atoms with Crippen LogP contribution in [0.5, 0.6) is 0 Å². The smallest absolute Gasteiger partial charge is 0.287 e. The summed E-state index contributed by atoms with van der Waals surface area (Å²) in [6, 6.07) is 5.87. The fourth-order valence-corrected chi connectivity index (χ4v) is 2.81. The highest BCUT2D eigenvalue weighted by molar-refractivity contribution is 6.41. The average Bonchev–Trinajstić information content (AvgIpc) is 2.95. The van der Waals surface area contributed by atoms with Crippen molar-refractivity contribution in [1.29, 1.82) is 0 Å². The molecule has 1 heterocycles. The third-order valence-electron chi connectivity index (χ3n) is 3.62. The van der Waals surface area contributed by atoms with Crippen LogP contribution < -0.4 is 10.9 Å². The van der Waals surface area contributed by atoms with Gasteiger partial charge in [-0.3, -0.25) is 9.59 Å². The molecule has 0 spiro atoms. The van der Waals surface area contributed by atoms with Gasteiger partial charge in [-0.15, -0.1) is 0 Å². The molecule has 1 aliphatic rings. The number of halogens is 2. The zero-order chi connectivity index (χ0) is 15.7. The van der Waals surface area contributed by atoms with Crippen LogP contribution in [0.15, 0.2) is 29.2 Å². The number of nitrogens with zero attached hydrogens (tertiary/aromatic N) is 2. The standard InChI is InChI=1S/C15H13Cl2N3O2/c16-12-7-18-20(15(22)14(12)17)8-13(21)19-11-5-4-9-2-1-3-10(9)6-11/h4-7H,1-3,8H2,(H,19,21). The Morgan fingerprint density at radius 1 is 1.27 bits per heavy atom. The van der Waals surface area contributed by atoms with Gasteiger partial charge in [-0.1, -0.05) is 29.3 Å². The molecule has 114 valence electrons. The number of hydrogen-bond donors (Lipinski definition) is 1. The van der Waals surface area contributed by atoms with E-state index in [1.165, 1.54) is 17.3 Å². The van der Waals surface area contributed by atoms with Crippen LogP contribution >= 0.6 is 23.2 Å². The summed E-state index contributed by atoms with van der Waals surface area (Å²) in [5.74, 6) is -0.342. The second kappa shape index (κ2) is 6.10. The quantitative estimate of drug-likeness (QED) is 0.936. The molecule has 7 heteroatoms. The van der Waals surface area contributed by atoms with E-state index in [4.69, 9.17) is 23.2 Å². The predicted octanol–water partition coefficient (Wildman–Crippen LogP) is 2.68. The van der Waals surface area contributed by atoms with E-state index in [0.29, 0.717) is 0 Å². The molecule has 0 fully saturated rings. The normalized spacial score (nSPS) is 13.0. The zero-order valence-electron chi connectivity index (χ0n) is 11.6. The van der Waals surface area contributed by atoms with Gasteiger partial charge < -0.3 is 5.32 Å². The highest BCUT2D eigenvalue weighted by Crippen LogP contribution is 2.24. The molecule has 5 nitrogen and oxygen atoms in total. The van der Waals surface area contributed by atoms with Crippen molar-refractivity contribution < 1.29 is 4.79 Å². The van der Waals surface area contributed by atoms with Crippen molar-refractivity contribution in [1.82, 2.24) is 9.78 Å². The maximum absolute atomic E-state index is 12.0. The first kappa shape index (κ1) is 15.1. The number of aryl methyl sites for hydroxylation is 2. The van der Waals surface area contributed by atoms with Crippen LogP contribution in [0.3, 0.4) is 0 Å². The van der Waals surface area contributed by atoms with Crippen LogP contribution in [-0.4, -0.2) is 15.7 Å². The monoisotopic (exact) mass is 337 g/mol. The van der Waals surface area contributed by atoms with Gasteiger partial charge in [-0.2, -0.15) is 5.10 Å². The molecule has 1 amide bonds. The Kier molecular flexibility index (Phi) is 4.18. The van der Waals surface area contributed by atoms with Crippen LogP contribution in [-0.2, 0) is 24.2 Å². The summed E-state index contributed by atoms with van der Waals surface area (Å²) in [6.07, 6.45) is 4.52. The summed E-state index contributed by atoms with van der Waals surface area (Å²) < 4.78 is 0.983. The topological polar surface area (TPSA) is 64.0 Å². The van der Waals surface area contributed by atoms with Gasteiger partial charge in [0, 0.05) is 5.69 Å². The molecule has 1 aromatic carbocycles. The number of aromatic nitrogens is 2. The van der Waals surface area contributed by atoms with Crippen LogP contribution in [0.25, 0.3) is 0 Å². The van der Waals surface area contributed by atoms with Crippen molar-refractivity contribution in [3.05, 3.63) is 55.9 Å². The van der Waals surface area contributed by atoms with Crippen LogP contribution in [0.2, 0.25) is 10.0 Å². The van der Waals surface area contributed by atoms with E-state index in [0.717, 1.165) is 29.6 Å². The summed E-state index contributed by atoms with van der Waals surface area (Å²) in [5, 5.41) is 6.51. The van der Waals surface area contributed by atoms with Crippen molar-refractivity contribution >= 4 is 34.8 Å². The molecular formula is C15H13Cl2N3O2. The minimum absolute atomic E-state index is 0.0712. The number of benzene rings is 1. The lowest BCUT2D eigenvalue weighted by Gasteiger charge is -2.08. The second-order valence-corrected chi connectivity index (χ2v) is 5.94. The number of amides is 1. The average molecular weight is 338 g/mol. The van der Waals surface area contributed by atoms with Crippen molar-refractivity contribution in [3.63, 3.8) is 0 Å². The molecule has 0 radical (unpaired) electrons. The Morgan fingerprint density at radius 3 is 2.86 bits per heavy atom. The largest absolute Gasteiger partial charge is 0.324 e. The fraction of sp³-hybridized carbons (Fsp3) is 0.267. The van der Waals surface area contributed by atoms with E-state index >= 15 is 0 Å². The SMILES string of the molecule is O=C(Cn1ncc(Cl)c(Cl)c1=O)Nc1ccc2c(c1)CCC2. The second-order valence-electron chi connectivity index (χ2n) is 5.15. The lowest BCUT2D eigenvalue weighted by atomic mass is 10.1. The summed E-state index contributed by atoms with van der Waals surface area (Å²) in [4.78, 5) is 23.9. The summed E-state index contributed by atoms with van der Waals surface area (Å²) in [7, 11) is 0. The lowest BCUT2D eigenvalue weighted by Crippen LogP contribution is -2.29. The van der Waals surface area contributed by atoms with Gasteiger partial charge in [0.05, 0.1) is 11.2 Å². The van der Waals surface area contributed by atoms with Crippen molar-refractivity contribution in [2.75, 3.05) is 5.32 Å². The number of fused-ring (bicyclic) bond motifs is 1. The minimum Gasteiger partial charge on any atom is -0.324 e.